The monoisotopic (exact) mass is 588 g/mol. The topological polar surface area (TPSA) is 80.3 Å². The van der Waals surface area contributed by atoms with Gasteiger partial charge in [0.1, 0.15) is 23.3 Å². The first-order valence-corrected chi connectivity index (χ1v) is 13.2. The summed E-state index contributed by atoms with van der Waals surface area (Å²) in [6, 6.07) is 13.3. The molecule has 1 aliphatic carbocycles. The molecule has 1 fully saturated rings. The average Bonchev–Trinajstić information content (AvgIpc) is 3.65. The van der Waals surface area contributed by atoms with Gasteiger partial charge in [-0.1, -0.05) is 35.9 Å². The highest BCUT2D eigenvalue weighted by atomic mass is 35.5. The lowest BCUT2D eigenvalue weighted by atomic mass is 9.99. The lowest BCUT2D eigenvalue weighted by molar-refractivity contribution is -0.274. The van der Waals surface area contributed by atoms with Crippen LogP contribution in [0.1, 0.15) is 35.6 Å². The van der Waals surface area contributed by atoms with Gasteiger partial charge in [0.15, 0.2) is 0 Å². The highest BCUT2D eigenvalue weighted by Gasteiger charge is 2.54. The molecule has 1 atom stereocenters. The molecule has 2 N–H and O–H groups in total. The number of methoxy groups -OCH3 is 2. The second kappa shape index (κ2) is 11.2. The molecule has 1 saturated carbocycles. The Labute approximate surface area is 240 Å². The summed E-state index contributed by atoms with van der Waals surface area (Å²) in [4.78, 5) is 15.9. The average molecular weight is 589 g/mol. The standard InChI is InChI=1S/C30H28ClF3N2O5/c1-39-22-13-18(4-3-11-37)12-20(15-22)35-27(23-7-5-19(31)14-26(23)40-2)28(38)36-17-29(9-10-29)24-8-6-21(16-25(24)36)41-30(32,33)34/h3-8,12-16,27,35,37H,9-11,17H2,1-2H3/b4-3+. The number of fused-ring (bicyclic) bond motifs is 2. The third-order valence-electron chi connectivity index (χ3n) is 7.29. The fraction of sp³-hybridized carbons (Fsp3) is 0.300. The van der Waals surface area contributed by atoms with Crippen molar-refractivity contribution >= 4 is 35.0 Å². The second-order valence-corrected chi connectivity index (χ2v) is 10.4. The molecule has 0 bridgehead atoms. The quantitative estimate of drug-likeness (QED) is 0.297. The summed E-state index contributed by atoms with van der Waals surface area (Å²) in [6.07, 6.45) is 0.0573. The zero-order chi connectivity index (χ0) is 29.4. The maximum absolute atomic E-state index is 14.4. The van der Waals surface area contributed by atoms with Gasteiger partial charge in [0.2, 0.25) is 0 Å². The number of ether oxygens (including phenoxy) is 3. The first-order valence-electron chi connectivity index (χ1n) is 12.8. The zero-order valence-corrected chi connectivity index (χ0v) is 23.1. The van der Waals surface area contributed by atoms with Crippen LogP contribution in [-0.4, -0.2) is 44.7 Å². The van der Waals surface area contributed by atoms with Gasteiger partial charge in [-0.25, -0.2) is 0 Å². The number of aliphatic hydroxyl groups excluding tert-OH is 1. The Morgan fingerprint density at radius 3 is 2.54 bits per heavy atom. The predicted molar refractivity (Wildman–Crippen MR) is 150 cm³/mol. The molecule has 5 rings (SSSR count). The maximum atomic E-state index is 14.4. The van der Waals surface area contributed by atoms with Gasteiger partial charge in [0.05, 0.1) is 26.5 Å². The van der Waals surface area contributed by atoms with Gasteiger partial charge in [-0.3, -0.25) is 4.79 Å². The van der Waals surface area contributed by atoms with E-state index < -0.39 is 24.1 Å². The van der Waals surface area contributed by atoms with Crippen LogP contribution in [0.5, 0.6) is 17.2 Å². The number of anilines is 2. The van der Waals surface area contributed by atoms with E-state index in [-0.39, 0.29) is 12.0 Å². The maximum Gasteiger partial charge on any atom is 0.573 e. The number of amides is 1. The van der Waals surface area contributed by atoms with E-state index in [1.165, 1.54) is 31.3 Å². The second-order valence-electron chi connectivity index (χ2n) is 9.97. The molecule has 1 amide bonds. The van der Waals surface area contributed by atoms with Crippen LogP contribution >= 0.6 is 11.6 Å². The van der Waals surface area contributed by atoms with Gasteiger partial charge in [0.25, 0.3) is 5.91 Å². The summed E-state index contributed by atoms with van der Waals surface area (Å²) in [7, 11) is 2.98. The number of hydrogen-bond acceptors (Lipinski definition) is 6. The van der Waals surface area contributed by atoms with Crippen molar-refractivity contribution < 1.29 is 37.3 Å². The summed E-state index contributed by atoms with van der Waals surface area (Å²) < 4.78 is 54.3. The molecular formula is C30H28ClF3N2O5. The first kappa shape index (κ1) is 28.6. The summed E-state index contributed by atoms with van der Waals surface area (Å²) in [5.41, 5.74) is 2.64. The van der Waals surface area contributed by atoms with Crippen molar-refractivity contribution in [2.24, 2.45) is 0 Å². The van der Waals surface area contributed by atoms with Gasteiger partial charge in [-0.2, -0.15) is 0 Å². The van der Waals surface area contributed by atoms with E-state index in [1.807, 2.05) is 0 Å². The van der Waals surface area contributed by atoms with Crippen LogP contribution in [0.2, 0.25) is 5.02 Å². The van der Waals surface area contributed by atoms with Crippen LogP contribution < -0.4 is 24.4 Å². The molecule has 0 aromatic heterocycles. The van der Waals surface area contributed by atoms with Crippen molar-refractivity contribution in [1.29, 1.82) is 0 Å². The number of halogens is 4. The summed E-state index contributed by atoms with van der Waals surface area (Å²) in [5.74, 6) is 0.0872. The van der Waals surface area contributed by atoms with E-state index in [0.717, 1.165) is 18.4 Å². The van der Waals surface area contributed by atoms with Gasteiger partial charge < -0.3 is 29.5 Å². The Kier molecular flexibility index (Phi) is 7.80. The number of nitrogens with one attached hydrogen (secondary N) is 1. The van der Waals surface area contributed by atoms with Crippen LogP contribution in [-0.2, 0) is 10.2 Å². The van der Waals surface area contributed by atoms with E-state index in [1.54, 1.807) is 54.6 Å². The molecular weight excluding hydrogens is 561 g/mol. The fourth-order valence-electron chi connectivity index (χ4n) is 5.26. The molecule has 1 spiro atoms. The smallest absolute Gasteiger partial charge is 0.497 e. The number of carbonyl (C=O) groups is 1. The van der Waals surface area contributed by atoms with Gasteiger partial charge in [-0.05, 0) is 54.3 Å². The minimum absolute atomic E-state index is 0.154. The molecule has 2 aliphatic rings. The van der Waals surface area contributed by atoms with Gasteiger partial charge in [0, 0.05) is 40.4 Å². The molecule has 41 heavy (non-hydrogen) atoms. The normalized spacial score (nSPS) is 16.0. The molecule has 3 aromatic carbocycles. The van der Waals surface area contributed by atoms with Crippen molar-refractivity contribution in [1.82, 2.24) is 0 Å². The molecule has 7 nitrogen and oxygen atoms in total. The van der Waals surface area contributed by atoms with E-state index in [9.17, 15) is 23.1 Å². The number of hydrogen-bond donors (Lipinski definition) is 2. The van der Waals surface area contributed by atoms with Crippen molar-refractivity contribution in [3.8, 4) is 17.2 Å². The Morgan fingerprint density at radius 1 is 1.10 bits per heavy atom. The SMILES string of the molecule is COc1cc(/C=C/CO)cc(NC(C(=O)N2CC3(CC3)c3ccc(OC(F)(F)F)cc32)c2ccc(Cl)cc2OC)c1. The third-order valence-corrected chi connectivity index (χ3v) is 7.53. The van der Waals surface area contributed by atoms with E-state index in [2.05, 4.69) is 10.1 Å². The number of alkyl halides is 3. The molecule has 216 valence electrons. The number of aliphatic hydroxyl groups is 1. The molecule has 3 aromatic rings. The largest absolute Gasteiger partial charge is 0.573 e. The van der Waals surface area contributed by atoms with E-state index in [0.29, 0.717) is 45.6 Å². The van der Waals surface area contributed by atoms with Crippen molar-refractivity contribution in [2.75, 3.05) is 37.6 Å². The van der Waals surface area contributed by atoms with Crippen molar-refractivity contribution in [3.05, 3.63) is 82.4 Å². The highest BCUT2D eigenvalue weighted by molar-refractivity contribution is 6.30. The van der Waals surface area contributed by atoms with Crippen LogP contribution in [0.25, 0.3) is 6.08 Å². The summed E-state index contributed by atoms with van der Waals surface area (Å²) >= 11 is 6.21. The summed E-state index contributed by atoms with van der Waals surface area (Å²) in [6.45, 7) is 0.173. The summed E-state index contributed by atoms with van der Waals surface area (Å²) in [5, 5.41) is 12.9. The Hall–Kier alpha value is -3.89. The number of benzene rings is 3. The fourth-order valence-corrected chi connectivity index (χ4v) is 5.42. The molecule has 0 saturated heterocycles. The van der Waals surface area contributed by atoms with E-state index in [4.69, 9.17) is 21.1 Å². The predicted octanol–water partition coefficient (Wildman–Crippen LogP) is 6.49. The lowest BCUT2D eigenvalue weighted by Crippen LogP contribution is -2.38. The van der Waals surface area contributed by atoms with Gasteiger partial charge >= 0.3 is 6.36 Å². The third kappa shape index (κ3) is 6.08. The minimum Gasteiger partial charge on any atom is -0.497 e. The van der Waals surface area contributed by atoms with E-state index >= 15 is 0 Å². The highest BCUT2D eigenvalue weighted by Crippen LogP contribution is 2.57. The number of carbonyl (C=O) groups excluding carboxylic acids is 1. The first-order chi connectivity index (χ1) is 19.6. The van der Waals surface area contributed by atoms with Crippen molar-refractivity contribution in [3.63, 3.8) is 0 Å². The zero-order valence-electron chi connectivity index (χ0n) is 22.3. The molecule has 0 radical (unpaired) electrons. The molecule has 1 heterocycles. The number of rotatable bonds is 9. The van der Waals surface area contributed by atoms with Crippen LogP contribution in [0.15, 0.2) is 60.7 Å². The molecule has 1 unspecified atom stereocenters. The number of nitrogens with zero attached hydrogens (tertiary/aromatic N) is 1. The molecule has 11 heteroatoms. The minimum atomic E-state index is -4.87. The van der Waals surface area contributed by atoms with Crippen LogP contribution in [0.3, 0.4) is 0 Å². The van der Waals surface area contributed by atoms with Gasteiger partial charge in [-0.15, -0.1) is 13.2 Å². The Morgan fingerprint density at radius 2 is 1.88 bits per heavy atom. The van der Waals surface area contributed by atoms with Crippen LogP contribution in [0.4, 0.5) is 24.5 Å². The Balaban J connectivity index is 1.58. The lowest BCUT2D eigenvalue weighted by Gasteiger charge is -2.28. The molecule has 1 aliphatic heterocycles. The van der Waals surface area contributed by atoms with Crippen molar-refractivity contribution in [2.45, 2.75) is 30.7 Å². The Bertz CT molecular complexity index is 1490. The van der Waals surface area contributed by atoms with Crippen LogP contribution in [0, 0.1) is 0 Å².